The SMILES string of the molecule is CCCCCCCCCCCC(=O)OC[C@H](COP(=O)(O)OC[C@@H](O)COP(=O)(O)OC[C@@H](COC(=O)CCCCCCCCC)OC(=O)CCCCCCCCC)OC(=O)CCCCCCCCCCC(C)C. The summed E-state index contributed by atoms with van der Waals surface area (Å²) in [5, 5.41) is 10.5. The van der Waals surface area contributed by atoms with Crippen molar-refractivity contribution in [3.63, 3.8) is 0 Å². The van der Waals surface area contributed by atoms with E-state index in [2.05, 4.69) is 34.6 Å². The number of ether oxygens (including phenoxy) is 4. The highest BCUT2D eigenvalue weighted by Crippen LogP contribution is 2.45. The highest BCUT2D eigenvalue weighted by atomic mass is 31.2. The number of phosphoric ester groups is 2. The summed E-state index contributed by atoms with van der Waals surface area (Å²) in [7, 11) is -9.86. The molecule has 5 atom stereocenters. The van der Waals surface area contributed by atoms with Crippen molar-refractivity contribution >= 4 is 39.5 Å². The minimum atomic E-state index is -4.93. The number of hydrogen-bond acceptors (Lipinski definition) is 15. The van der Waals surface area contributed by atoms with Crippen LogP contribution in [0.1, 0.15) is 266 Å². The summed E-state index contributed by atoms with van der Waals surface area (Å²) in [4.78, 5) is 71.5. The third-order valence-electron chi connectivity index (χ3n) is 12.5. The molecule has 0 spiro atoms. The number of aliphatic hydroxyl groups is 1. The van der Waals surface area contributed by atoms with Gasteiger partial charge in [0.15, 0.2) is 12.2 Å². The van der Waals surface area contributed by atoms with E-state index in [1.165, 1.54) is 64.2 Å². The van der Waals surface area contributed by atoms with Crippen molar-refractivity contribution in [3.05, 3.63) is 0 Å². The molecule has 0 aliphatic heterocycles. The Kier molecular flexibility index (Phi) is 48.1. The second-order valence-corrected chi connectivity index (χ2v) is 23.4. The van der Waals surface area contributed by atoms with Crippen molar-refractivity contribution < 1.29 is 80.2 Å². The number of esters is 4. The fourth-order valence-electron chi connectivity index (χ4n) is 7.99. The molecular weight excluding hydrogens is 995 g/mol. The van der Waals surface area contributed by atoms with Gasteiger partial charge in [0.05, 0.1) is 26.4 Å². The van der Waals surface area contributed by atoms with Crippen LogP contribution < -0.4 is 0 Å². The highest BCUT2D eigenvalue weighted by Gasteiger charge is 2.30. The van der Waals surface area contributed by atoms with Crippen LogP contribution in [0.3, 0.4) is 0 Å². The second-order valence-electron chi connectivity index (χ2n) is 20.4. The maximum atomic E-state index is 12.9. The number of unbranched alkanes of at least 4 members (excludes halogenated alkanes) is 27. The third kappa shape index (κ3) is 49.6. The van der Waals surface area contributed by atoms with Gasteiger partial charge in [-0.2, -0.15) is 0 Å². The fraction of sp³-hybridized carbons (Fsp3) is 0.927. The van der Waals surface area contributed by atoms with Crippen LogP contribution in [-0.2, 0) is 65.4 Å². The van der Waals surface area contributed by atoms with Gasteiger partial charge >= 0.3 is 39.5 Å². The molecule has 0 aliphatic carbocycles. The summed E-state index contributed by atoms with van der Waals surface area (Å²) in [6, 6.07) is 0. The maximum absolute atomic E-state index is 12.9. The van der Waals surface area contributed by atoms with Crippen LogP contribution in [0.5, 0.6) is 0 Å². The van der Waals surface area contributed by atoms with Crippen LogP contribution in [-0.4, -0.2) is 96.7 Å². The van der Waals surface area contributed by atoms with E-state index in [0.717, 1.165) is 121 Å². The molecule has 0 aliphatic rings. The Balaban J connectivity index is 5.19. The number of rotatable bonds is 55. The Bertz CT molecular complexity index is 1470. The highest BCUT2D eigenvalue weighted by molar-refractivity contribution is 7.47. The lowest BCUT2D eigenvalue weighted by atomic mass is 10.0. The van der Waals surface area contributed by atoms with Gasteiger partial charge in [-0.3, -0.25) is 37.3 Å². The Morgan fingerprint density at radius 1 is 0.365 bits per heavy atom. The van der Waals surface area contributed by atoms with Crippen LogP contribution in [0.4, 0.5) is 0 Å². The van der Waals surface area contributed by atoms with Crippen molar-refractivity contribution in [3.8, 4) is 0 Å². The molecule has 0 amide bonds. The molecule has 74 heavy (non-hydrogen) atoms. The molecule has 0 fully saturated rings. The monoisotopic (exact) mass is 1100 g/mol. The number of carbonyl (C=O) groups is 4. The summed E-state index contributed by atoms with van der Waals surface area (Å²) in [6.07, 6.45) is 29.6. The average molecular weight is 1100 g/mol. The number of hydrogen-bond donors (Lipinski definition) is 3. The molecule has 0 aromatic rings. The minimum absolute atomic E-state index is 0.103. The molecule has 0 aromatic heterocycles. The van der Waals surface area contributed by atoms with Crippen molar-refractivity contribution in [2.45, 2.75) is 284 Å². The first-order valence-corrected chi connectivity index (χ1v) is 32.1. The van der Waals surface area contributed by atoms with Crippen LogP contribution in [0.2, 0.25) is 0 Å². The van der Waals surface area contributed by atoms with Gasteiger partial charge in [0.25, 0.3) is 0 Å². The molecule has 0 saturated heterocycles. The number of aliphatic hydroxyl groups excluding tert-OH is 1. The number of phosphoric acid groups is 2. The predicted molar refractivity (Wildman–Crippen MR) is 289 cm³/mol. The zero-order chi connectivity index (χ0) is 55.0. The van der Waals surface area contributed by atoms with Gasteiger partial charge in [-0.1, -0.05) is 214 Å². The van der Waals surface area contributed by atoms with Gasteiger partial charge in [-0.15, -0.1) is 0 Å². The van der Waals surface area contributed by atoms with E-state index in [0.29, 0.717) is 25.7 Å². The molecule has 0 heterocycles. The number of carbonyl (C=O) groups excluding carboxylic acids is 4. The van der Waals surface area contributed by atoms with Gasteiger partial charge in [-0.05, 0) is 31.6 Å². The van der Waals surface area contributed by atoms with Gasteiger partial charge in [-0.25, -0.2) is 9.13 Å². The minimum Gasteiger partial charge on any atom is -0.462 e. The van der Waals surface area contributed by atoms with E-state index in [-0.39, 0.29) is 25.7 Å². The normalized spacial score (nSPS) is 14.5. The molecule has 0 aromatic carbocycles. The van der Waals surface area contributed by atoms with Crippen LogP contribution in [0, 0.1) is 5.92 Å². The second kappa shape index (κ2) is 49.4. The Morgan fingerprint density at radius 2 is 0.622 bits per heavy atom. The molecule has 0 radical (unpaired) electrons. The summed E-state index contributed by atoms with van der Waals surface area (Å²) < 4.78 is 67.4. The molecule has 0 rings (SSSR count). The smallest absolute Gasteiger partial charge is 0.462 e. The molecule has 438 valence electrons. The predicted octanol–water partition coefficient (Wildman–Crippen LogP) is 14.3. The fourth-order valence-corrected chi connectivity index (χ4v) is 9.57. The van der Waals surface area contributed by atoms with Gasteiger partial charge in [0.2, 0.25) is 0 Å². The molecular formula is C55H106O17P2. The average Bonchev–Trinajstić information content (AvgIpc) is 3.36. The van der Waals surface area contributed by atoms with Crippen molar-refractivity contribution in [2.75, 3.05) is 39.6 Å². The standard InChI is InChI=1S/C55H106O17P2/c1-6-9-12-15-18-19-25-29-34-39-53(58)66-45-51(72-55(60)41-36-31-26-21-20-24-27-32-37-48(4)5)47-70-74(63,64)68-43-49(56)42-67-73(61,62)69-46-50(71-54(59)40-35-30-23-17-14-11-8-3)44-65-52(57)38-33-28-22-16-13-10-7-2/h48-51,56H,6-47H2,1-5H3,(H,61,62)(H,63,64)/t49-,50+,51+/m0/s1. The van der Waals surface area contributed by atoms with Crippen LogP contribution in [0.15, 0.2) is 0 Å². The van der Waals surface area contributed by atoms with E-state index in [4.69, 9.17) is 37.0 Å². The van der Waals surface area contributed by atoms with Crippen molar-refractivity contribution in [1.29, 1.82) is 0 Å². The molecule has 0 saturated carbocycles. The van der Waals surface area contributed by atoms with Gasteiger partial charge in [0.1, 0.15) is 19.3 Å². The van der Waals surface area contributed by atoms with Crippen LogP contribution >= 0.6 is 15.6 Å². The molecule has 19 heteroatoms. The van der Waals surface area contributed by atoms with Gasteiger partial charge < -0.3 is 33.8 Å². The quantitative estimate of drug-likeness (QED) is 0.0222. The maximum Gasteiger partial charge on any atom is 0.472 e. The lowest BCUT2D eigenvalue weighted by Crippen LogP contribution is -2.30. The summed E-state index contributed by atoms with van der Waals surface area (Å²) >= 11 is 0. The Morgan fingerprint density at radius 3 is 0.919 bits per heavy atom. The van der Waals surface area contributed by atoms with E-state index >= 15 is 0 Å². The Labute approximate surface area is 447 Å². The summed E-state index contributed by atoms with van der Waals surface area (Å²) in [5.41, 5.74) is 0. The van der Waals surface area contributed by atoms with Crippen molar-refractivity contribution in [1.82, 2.24) is 0 Å². The summed E-state index contributed by atoms with van der Waals surface area (Å²) in [6.45, 7) is 6.98. The van der Waals surface area contributed by atoms with Crippen LogP contribution in [0.25, 0.3) is 0 Å². The van der Waals surface area contributed by atoms with Gasteiger partial charge in [0, 0.05) is 25.7 Å². The topological polar surface area (TPSA) is 237 Å². The lowest BCUT2D eigenvalue weighted by Gasteiger charge is -2.21. The Hall–Kier alpha value is -1.94. The zero-order valence-corrected chi connectivity index (χ0v) is 48.7. The zero-order valence-electron chi connectivity index (χ0n) is 47.0. The molecule has 3 N–H and O–H groups in total. The van der Waals surface area contributed by atoms with E-state index in [1.807, 2.05) is 0 Å². The van der Waals surface area contributed by atoms with E-state index in [1.54, 1.807) is 0 Å². The third-order valence-corrected chi connectivity index (χ3v) is 14.4. The molecule has 2 unspecified atom stereocenters. The van der Waals surface area contributed by atoms with E-state index in [9.17, 15) is 43.2 Å². The lowest BCUT2D eigenvalue weighted by molar-refractivity contribution is -0.161. The van der Waals surface area contributed by atoms with E-state index < -0.39 is 97.5 Å². The largest absolute Gasteiger partial charge is 0.472 e. The molecule has 17 nitrogen and oxygen atoms in total. The first-order chi connectivity index (χ1) is 35.5. The van der Waals surface area contributed by atoms with Crippen molar-refractivity contribution in [2.24, 2.45) is 5.92 Å². The summed E-state index contributed by atoms with van der Waals surface area (Å²) in [5.74, 6) is -1.44. The first-order valence-electron chi connectivity index (χ1n) is 29.1. The molecule has 0 bridgehead atoms. The first kappa shape index (κ1) is 72.1.